The first-order valence-electron chi connectivity index (χ1n) is 10.3. The summed E-state index contributed by atoms with van der Waals surface area (Å²) in [4.78, 5) is 25.6. The van der Waals surface area contributed by atoms with Crippen molar-refractivity contribution >= 4 is 12.3 Å². The maximum Gasteiger partial charge on any atom is 0.272 e. The van der Waals surface area contributed by atoms with E-state index in [0.29, 0.717) is 12.1 Å². The number of hydrogen-bond acceptors (Lipinski definition) is 2. The monoisotopic (exact) mass is 354 g/mol. The molecule has 2 amide bonds. The fourth-order valence-corrected chi connectivity index (χ4v) is 6.15. The van der Waals surface area contributed by atoms with Gasteiger partial charge in [-0.1, -0.05) is 31.5 Å². The second-order valence-corrected chi connectivity index (χ2v) is 8.75. The quantitative estimate of drug-likeness (QED) is 0.542. The lowest BCUT2D eigenvalue weighted by Gasteiger charge is -2.61. The highest BCUT2D eigenvalue weighted by Crippen LogP contribution is 2.58. The first kappa shape index (κ1) is 17.6. The first-order chi connectivity index (χ1) is 12.6. The van der Waals surface area contributed by atoms with Gasteiger partial charge in [-0.15, -0.1) is 0 Å². The molecule has 0 atom stereocenters. The number of hydrazine groups is 1. The summed E-state index contributed by atoms with van der Waals surface area (Å²) in [5, 5.41) is 3.60. The van der Waals surface area contributed by atoms with Crippen LogP contribution in [0, 0.1) is 17.8 Å². The van der Waals surface area contributed by atoms with Crippen LogP contribution < -0.4 is 0 Å². The average Bonchev–Trinajstić information content (AvgIpc) is 2.64. The van der Waals surface area contributed by atoms with Gasteiger partial charge in [0.15, 0.2) is 0 Å². The van der Waals surface area contributed by atoms with Gasteiger partial charge in [-0.2, -0.15) is 0 Å². The van der Waals surface area contributed by atoms with Crippen LogP contribution in [0.3, 0.4) is 0 Å². The molecule has 0 aromatic heterocycles. The number of benzene rings is 1. The van der Waals surface area contributed by atoms with Crippen molar-refractivity contribution in [2.24, 2.45) is 17.8 Å². The second-order valence-electron chi connectivity index (χ2n) is 8.75. The maximum absolute atomic E-state index is 13.5. The Morgan fingerprint density at radius 2 is 1.65 bits per heavy atom. The Balaban J connectivity index is 1.70. The summed E-state index contributed by atoms with van der Waals surface area (Å²) in [7, 11) is 0. The number of nitrogens with zero attached hydrogens (tertiary/aromatic N) is 2. The maximum atomic E-state index is 13.5. The molecule has 4 fully saturated rings. The summed E-state index contributed by atoms with van der Waals surface area (Å²) in [5.74, 6) is 2.18. The summed E-state index contributed by atoms with van der Waals surface area (Å²) in [6, 6.07) is 9.49. The molecule has 5 rings (SSSR count). The van der Waals surface area contributed by atoms with Crippen molar-refractivity contribution in [2.45, 2.75) is 63.8 Å². The molecule has 4 bridgehead atoms. The molecule has 0 saturated heterocycles. The van der Waals surface area contributed by atoms with Crippen LogP contribution in [0.5, 0.6) is 0 Å². The minimum absolute atomic E-state index is 0.00393. The molecule has 140 valence electrons. The van der Waals surface area contributed by atoms with E-state index in [1.54, 1.807) is 5.01 Å². The predicted molar refractivity (Wildman–Crippen MR) is 101 cm³/mol. The molecule has 0 heterocycles. The summed E-state index contributed by atoms with van der Waals surface area (Å²) >= 11 is 0. The van der Waals surface area contributed by atoms with Gasteiger partial charge in [0.1, 0.15) is 0 Å². The van der Waals surface area contributed by atoms with E-state index in [-0.39, 0.29) is 11.4 Å². The minimum Gasteiger partial charge on any atom is -0.277 e. The van der Waals surface area contributed by atoms with Crippen LogP contribution >= 0.6 is 0 Å². The van der Waals surface area contributed by atoms with Crippen LogP contribution in [0.1, 0.15) is 68.6 Å². The van der Waals surface area contributed by atoms with Crippen LogP contribution in [-0.4, -0.2) is 34.4 Å². The number of hydrogen-bond donors (Lipinski definition) is 0. The highest BCUT2D eigenvalue weighted by atomic mass is 16.2. The lowest BCUT2D eigenvalue weighted by Crippen LogP contribution is -2.66. The molecule has 1 aromatic rings. The lowest BCUT2D eigenvalue weighted by atomic mass is 9.52. The Kier molecular flexibility index (Phi) is 4.76. The molecule has 0 aliphatic heterocycles. The van der Waals surface area contributed by atoms with Crippen molar-refractivity contribution in [3.05, 3.63) is 35.9 Å². The zero-order valence-corrected chi connectivity index (χ0v) is 15.8. The molecule has 4 nitrogen and oxygen atoms in total. The van der Waals surface area contributed by atoms with Gasteiger partial charge in [-0.25, -0.2) is 5.01 Å². The molecule has 26 heavy (non-hydrogen) atoms. The highest BCUT2D eigenvalue weighted by molar-refractivity contribution is 5.95. The second kappa shape index (κ2) is 7.05. The minimum atomic E-state index is -0.156. The summed E-state index contributed by atoms with van der Waals surface area (Å²) in [6.45, 7) is 2.75. The number of carbonyl (C=O) groups is 2. The Hall–Kier alpha value is -1.84. The van der Waals surface area contributed by atoms with E-state index in [2.05, 4.69) is 6.92 Å². The van der Waals surface area contributed by atoms with Gasteiger partial charge < -0.3 is 0 Å². The van der Waals surface area contributed by atoms with E-state index in [0.717, 1.165) is 56.3 Å². The van der Waals surface area contributed by atoms with Crippen molar-refractivity contribution in [3.63, 3.8) is 0 Å². The molecule has 1 aromatic carbocycles. The molecule has 4 heteroatoms. The van der Waals surface area contributed by atoms with E-state index in [1.165, 1.54) is 19.3 Å². The third-order valence-corrected chi connectivity index (χ3v) is 6.79. The average molecular weight is 354 g/mol. The van der Waals surface area contributed by atoms with Crippen LogP contribution in [0.2, 0.25) is 0 Å². The zero-order chi connectivity index (χ0) is 18.1. The lowest BCUT2D eigenvalue weighted by molar-refractivity contribution is -0.164. The van der Waals surface area contributed by atoms with Crippen molar-refractivity contribution in [1.82, 2.24) is 10.0 Å². The third kappa shape index (κ3) is 3.04. The van der Waals surface area contributed by atoms with Crippen molar-refractivity contribution < 1.29 is 9.59 Å². The van der Waals surface area contributed by atoms with Gasteiger partial charge in [0.25, 0.3) is 5.91 Å². The van der Waals surface area contributed by atoms with E-state index in [9.17, 15) is 9.59 Å². The standard InChI is InChI=1S/C22H30N2O2/c1-2-3-9-23(16-25)24(21(26)20-7-5-4-6-8-20)22-13-17-10-18(14-22)12-19(11-17)15-22/h4-8,16-19H,2-3,9-15H2,1H3. The molecular formula is C22H30N2O2. The summed E-state index contributed by atoms with van der Waals surface area (Å²) in [5.41, 5.74) is 0.530. The van der Waals surface area contributed by atoms with Crippen LogP contribution in [-0.2, 0) is 4.79 Å². The SMILES string of the molecule is CCCCN(C=O)N(C(=O)c1ccccc1)C12CC3CC(CC(C3)C1)C2. The Labute approximate surface area is 156 Å². The third-order valence-electron chi connectivity index (χ3n) is 6.79. The fraction of sp³-hybridized carbons (Fsp3) is 0.636. The van der Waals surface area contributed by atoms with E-state index >= 15 is 0 Å². The van der Waals surface area contributed by atoms with Crippen LogP contribution in [0.25, 0.3) is 0 Å². The number of unbranched alkanes of at least 4 members (excludes halogenated alkanes) is 1. The van der Waals surface area contributed by atoms with Gasteiger partial charge in [-0.3, -0.25) is 14.6 Å². The molecule has 0 unspecified atom stereocenters. The largest absolute Gasteiger partial charge is 0.277 e. The van der Waals surface area contributed by atoms with Gasteiger partial charge >= 0.3 is 0 Å². The topological polar surface area (TPSA) is 40.6 Å². The zero-order valence-electron chi connectivity index (χ0n) is 15.8. The fourth-order valence-electron chi connectivity index (χ4n) is 6.15. The molecule has 0 radical (unpaired) electrons. The van der Waals surface area contributed by atoms with Crippen molar-refractivity contribution in [3.8, 4) is 0 Å². The smallest absolute Gasteiger partial charge is 0.272 e. The van der Waals surface area contributed by atoms with Gasteiger partial charge in [-0.05, 0) is 74.8 Å². The first-order valence-corrected chi connectivity index (χ1v) is 10.3. The van der Waals surface area contributed by atoms with E-state index in [1.807, 2.05) is 35.3 Å². The number of rotatable bonds is 7. The summed E-state index contributed by atoms with van der Waals surface area (Å²) in [6.07, 6.45) is 9.97. The molecule has 4 aliphatic carbocycles. The Morgan fingerprint density at radius 3 is 2.15 bits per heavy atom. The number of carbonyl (C=O) groups excluding carboxylic acids is 2. The molecule has 4 aliphatic rings. The predicted octanol–water partition coefficient (Wildman–Crippen LogP) is 4.27. The summed E-state index contributed by atoms with van der Waals surface area (Å²) < 4.78 is 0. The van der Waals surface area contributed by atoms with Crippen molar-refractivity contribution in [2.75, 3.05) is 6.54 Å². The van der Waals surface area contributed by atoms with E-state index in [4.69, 9.17) is 0 Å². The highest BCUT2D eigenvalue weighted by Gasteiger charge is 2.56. The molecule has 0 spiro atoms. The normalized spacial score (nSPS) is 31.7. The molecule has 0 N–H and O–H groups in total. The van der Waals surface area contributed by atoms with Crippen LogP contribution in [0.15, 0.2) is 30.3 Å². The van der Waals surface area contributed by atoms with Crippen molar-refractivity contribution in [1.29, 1.82) is 0 Å². The Morgan fingerprint density at radius 1 is 1.08 bits per heavy atom. The molecular weight excluding hydrogens is 324 g/mol. The van der Waals surface area contributed by atoms with Gasteiger partial charge in [0, 0.05) is 12.1 Å². The molecule has 4 saturated carbocycles. The van der Waals surface area contributed by atoms with Gasteiger partial charge in [0.2, 0.25) is 6.41 Å². The number of amides is 2. The van der Waals surface area contributed by atoms with Crippen LogP contribution in [0.4, 0.5) is 0 Å². The van der Waals surface area contributed by atoms with E-state index < -0.39 is 0 Å². The Bertz CT molecular complexity index is 622. The van der Waals surface area contributed by atoms with Gasteiger partial charge in [0.05, 0.1) is 5.54 Å².